The zero-order chi connectivity index (χ0) is 30.7. The Labute approximate surface area is 261 Å². The van der Waals surface area contributed by atoms with Crippen molar-refractivity contribution in [2.45, 2.75) is 64.1 Å². The third-order valence-corrected chi connectivity index (χ3v) is 19.5. The van der Waals surface area contributed by atoms with Crippen LogP contribution in [0.5, 0.6) is 0 Å². The molecule has 1 N–H and O–H groups in total. The van der Waals surface area contributed by atoms with Gasteiger partial charge in [-0.1, -0.05) is 163 Å². The van der Waals surface area contributed by atoms with Crippen LogP contribution in [0.4, 0.5) is 0 Å². The number of aliphatic hydroxyl groups is 1. The second-order valence-corrected chi connectivity index (χ2v) is 22.8. The Morgan fingerprint density at radius 1 is 0.535 bits per heavy atom. The van der Waals surface area contributed by atoms with Crippen LogP contribution in [0.2, 0.25) is 10.1 Å². The van der Waals surface area contributed by atoms with Crippen LogP contribution in [0.3, 0.4) is 0 Å². The number of hydrogen-bond acceptors (Lipinski definition) is 3. The molecule has 0 aliphatic heterocycles. The van der Waals surface area contributed by atoms with Crippen molar-refractivity contribution >= 4 is 37.4 Å². The molecule has 3 unspecified atom stereocenters. The van der Waals surface area contributed by atoms with Gasteiger partial charge in [-0.25, -0.2) is 0 Å². The van der Waals surface area contributed by atoms with Crippen LogP contribution in [0.25, 0.3) is 0 Å². The van der Waals surface area contributed by atoms with E-state index in [9.17, 15) is 5.11 Å². The average Bonchev–Trinajstić information content (AvgIpc) is 2.99. The highest BCUT2D eigenvalue weighted by molar-refractivity contribution is 7.00. The summed E-state index contributed by atoms with van der Waals surface area (Å²) in [5.41, 5.74) is 0. The zero-order valence-corrected chi connectivity index (χ0v) is 28.7. The summed E-state index contributed by atoms with van der Waals surface area (Å²) >= 11 is 0. The minimum absolute atomic E-state index is 0.0277. The van der Waals surface area contributed by atoms with Gasteiger partial charge in [-0.2, -0.15) is 0 Å². The monoisotopic (exact) mass is 608 g/mol. The minimum Gasteiger partial charge on any atom is -0.407 e. The van der Waals surface area contributed by atoms with Crippen molar-refractivity contribution in [3.63, 3.8) is 0 Å². The number of aliphatic hydroxyl groups excluding tert-OH is 1. The molecule has 1 aliphatic rings. The molecule has 5 heteroatoms. The molecule has 1 saturated carbocycles. The molecule has 3 atom stereocenters. The van der Waals surface area contributed by atoms with E-state index in [0.29, 0.717) is 13.2 Å². The Hall–Kier alpha value is -2.81. The Kier molecular flexibility index (Phi) is 9.31. The first-order chi connectivity index (χ1) is 20.5. The molecular weight excluding hydrogens is 561 g/mol. The van der Waals surface area contributed by atoms with Gasteiger partial charge in [-0.15, -0.1) is 0 Å². The summed E-state index contributed by atoms with van der Waals surface area (Å²) in [6.45, 7) is 15.0. The Morgan fingerprint density at radius 3 is 1.12 bits per heavy atom. The Bertz CT molecular complexity index is 1350. The van der Waals surface area contributed by atoms with E-state index in [1.807, 2.05) is 0 Å². The van der Waals surface area contributed by atoms with E-state index < -0.39 is 16.6 Å². The fraction of sp³-hybridized carbons (Fsp3) is 0.368. The van der Waals surface area contributed by atoms with Crippen LogP contribution < -0.4 is 20.7 Å². The van der Waals surface area contributed by atoms with Crippen LogP contribution >= 0.6 is 0 Å². The van der Waals surface area contributed by atoms with Gasteiger partial charge in [-0.05, 0) is 43.2 Å². The Morgan fingerprint density at radius 2 is 0.837 bits per heavy atom. The predicted molar refractivity (Wildman–Crippen MR) is 185 cm³/mol. The largest absolute Gasteiger partial charge is 0.407 e. The molecule has 5 rings (SSSR count). The van der Waals surface area contributed by atoms with E-state index in [-0.39, 0.29) is 28.0 Å². The fourth-order valence-corrected chi connectivity index (χ4v) is 16.4. The number of benzene rings is 4. The van der Waals surface area contributed by atoms with Crippen LogP contribution in [-0.2, 0) is 8.85 Å². The molecule has 0 bridgehead atoms. The van der Waals surface area contributed by atoms with Crippen LogP contribution in [0.15, 0.2) is 121 Å². The van der Waals surface area contributed by atoms with Gasteiger partial charge in [0.1, 0.15) is 0 Å². The summed E-state index contributed by atoms with van der Waals surface area (Å²) < 4.78 is 14.6. The molecular formula is C38H48O3Si2. The van der Waals surface area contributed by atoms with Crippen LogP contribution in [-0.4, -0.2) is 41.1 Å². The first kappa shape index (κ1) is 31.6. The summed E-state index contributed by atoms with van der Waals surface area (Å²) in [6.07, 6.45) is 0.360. The summed E-state index contributed by atoms with van der Waals surface area (Å²) in [6, 6.07) is 43.2. The molecule has 226 valence electrons. The lowest BCUT2D eigenvalue weighted by atomic mass is 9.72. The molecule has 0 heterocycles. The van der Waals surface area contributed by atoms with Gasteiger partial charge >= 0.3 is 0 Å². The van der Waals surface area contributed by atoms with Gasteiger partial charge in [0.2, 0.25) is 0 Å². The smallest absolute Gasteiger partial charge is 0.261 e. The maximum Gasteiger partial charge on any atom is 0.261 e. The first-order valence-corrected chi connectivity index (χ1v) is 19.5. The van der Waals surface area contributed by atoms with E-state index in [4.69, 9.17) is 8.85 Å². The van der Waals surface area contributed by atoms with E-state index in [2.05, 4.69) is 163 Å². The second kappa shape index (κ2) is 12.7. The van der Waals surface area contributed by atoms with E-state index in [0.717, 1.165) is 6.42 Å². The number of rotatable bonds is 10. The van der Waals surface area contributed by atoms with Crippen molar-refractivity contribution < 1.29 is 14.0 Å². The van der Waals surface area contributed by atoms with Gasteiger partial charge in [-0.3, -0.25) is 0 Å². The highest BCUT2D eigenvalue weighted by Gasteiger charge is 2.54. The SMILES string of the molecule is CC(C)(C)[Si](OCC1CC(O)C1CO[Si](c1ccccc1)(c1ccccc1)C(C)(C)C)(c1ccccc1)c1ccccc1. The normalized spacial score (nSPS) is 19.6. The van der Waals surface area contributed by atoms with E-state index in [1.165, 1.54) is 20.7 Å². The van der Waals surface area contributed by atoms with Gasteiger partial charge in [0.25, 0.3) is 16.6 Å². The lowest BCUT2D eigenvalue weighted by molar-refractivity contribution is -0.0723. The van der Waals surface area contributed by atoms with Gasteiger partial charge in [0, 0.05) is 19.1 Å². The molecule has 1 aliphatic carbocycles. The first-order valence-electron chi connectivity index (χ1n) is 15.7. The predicted octanol–water partition coefficient (Wildman–Crippen LogP) is 6.14. The molecule has 1 fully saturated rings. The topological polar surface area (TPSA) is 38.7 Å². The summed E-state index contributed by atoms with van der Waals surface area (Å²) in [7, 11) is -5.35. The molecule has 4 aromatic rings. The molecule has 0 saturated heterocycles. The van der Waals surface area contributed by atoms with Crippen LogP contribution in [0, 0.1) is 11.8 Å². The van der Waals surface area contributed by atoms with Gasteiger partial charge < -0.3 is 14.0 Å². The van der Waals surface area contributed by atoms with Crippen molar-refractivity contribution in [3.8, 4) is 0 Å². The third kappa shape index (κ3) is 5.98. The molecule has 4 aromatic carbocycles. The third-order valence-electron chi connectivity index (χ3n) is 9.48. The molecule has 43 heavy (non-hydrogen) atoms. The average molecular weight is 609 g/mol. The van der Waals surface area contributed by atoms with Gasteiger partial charge in [0.15, 0.2) is 0 Å². The molecule has 0 amide bonds. The zero-order valence-electron chi connectivity index (χ0n) is 26.7. The van der Waals surface area contributed by atoms with Crippen LogP contribution in [0.1, 0.15) is 48.0 Å². The molecule has 3 nitrogen and oxygen atoms in total. The maximum absolute atomic E-state index is 11.1. The lowest BCUT2D eigenvalue weighted by Gasteiger charge is -2.49. The summed E-state index contributed by atoms with van der Waals surface area (Å²) in [4.78, 5) is 0. The quantitative estimate of drug-likeness (QED) is 0.220. The summed E-state index contributed by atoms with van der Waals surface area (Å²) in [5.74, 6) is 0.259. The minimum atomic E-state index is -2.69. The van der Waals surface area contributed by atoms with Crippen molar-refractivity contribution in [1.29, 1.82) is 0 Å². The summed E-state index contributed by atoms with van der Waals surface area (Å²) in [5, 5.41) is 16.0. The maximum atomic E-state index is 11.1. The lowest BCUT2D eigenvalue weighted by Crippen LogP contribution is -2.68. The number of hydrogen-bond donors (Lipinski definition) is 1. The highest BCUT2D eigenvalue weighted by atomic mass is 28.4. The van der Waals surface area contributed by atoms with Crippen molar-refractivity contribution in [1.82, 2.24) is 0 Å². The van der Waals surface area contributed by atoms with E-state index in [1.54, 1.807) is 0 Å². The second-order valence-electron chi connectivity index (χ2n) is 14.2. The molecule has 0 spiro atoms. The fourth-order valence-electron chi connectivity index (χ4n) is 7.19. The van der Waals surface area contributed by atoms with Crippen molar-refractivity contribution in [2.75, 3.05) is 13.2 Å². The Balaban J connectivity index is 1.45. The molecule has 0 aromatic heterocycles. The van der Waals surface area contributed by atoms with E-state index >= 15 is 0 Å². The molecule has 0 radical (unpaired) electrons. The van der Waals surface area contributed by atoms with Gasteiger partial charge in [0.05, 0.1) is 6.10 Å². The standard InChI is InChI=1S/C38H48O3Si2/c1-37(2,3)42(31-19-11-7-12-20-31,32-21-13-8-14-22-32)40-28-30-27-36(39)35(30)29-41-43(38(4,5)6,33-23-15-9-16-24-33)34-25-17-10-18-26-34/h7-26,30,35-36,39H,27-29H2,1-6H3. The van der Waals surface area contributed by atoms with Crippen molar-refractivity contribution in [2.24, 2.45) is 11.8 Å². The highest BCUT2D eigenvalue weighted by Crippen LogP contribution is 2.42. The van der Waals surface area contributed by atoms with Crippen molar-refractivity contribution in [3.05, 3.63) is 121 Å².